The second-order valence-corrected chi connectivity index (χ2v) is 3.91. The fourth-order valence-electron chi connectivity index (χ4n) is 1.37. The normalized spacial score (nSPS) is 10.1. The lowest BCUT2D eigenvalue weighted by Gasteiger charge is -2.04. The van der Waals surface area contributed by atoms with Crippen molar-refractivity contribution in [1.29, 1.82) is 0 Å². The fraction of sp³-hybridized carbons (Fsp3) is 0.545. The Morgan fingerprint density at radius 3 is 2.78 bits per heavy atom. The van der Waals surface area contributed by atoms with Crippen molar-refractivity contribution in [2.24, 2.45) is 0 Å². The van der Waals surface area contributed by atoms with Gasteiger partial charge >= 0.3 is 12.0 Å². The maximum atomic E-state index is 11.4. The van der Waals surface area contributed by atoms with Crippen LogP contribution in [0.3, 0.4) is 0 Å². The number of amides is 2. The summed E-state index contributed by atoms with van der Waals surface area (Å²) in [6.07, 6.45) is 2.32. The van der Waals surface area contributed by atoms with Crippen molar-refractivity contribution in [3.63, 3.8) is 0 Å². The Kier molecular flexibility index (Phi) is 5.69. The summed E-state index contributed by atoms with van der Waals surface area (Å²) in [6, 6.07) is 1.27. The summed E-state index contributed by atoms with van der Waals surface area (Å²) in [5.41, 5.74) is 0. The minimum absolute atomic E-state index is 0.171. The van der Waals surface area contributed by atoms with Gasteiger partial charge in [0.15, 0.2) is 5.82 Å². The minimum atomic E-state index is -0.790. The topological polar surface area (TPSA) is 104 Å². The first-order chi connectivity index (χ1) is 8.58. The molecule has 0 bridgehead atoms. The quantitative estimate of drug-likeness (QED) is 0.644. The summed E-state index contributed by atoms with van der Waals surface area (Å²) < 4.78 is 4.80. The maximum Gasteiger partial charge on any atom is 0.320 e. The average Bonchev–Trinajstić information content (AvgIpc) is 2.68. The number of carbonyl (C=O) groups is 2. The van der Waals surface area contributed by atoms with E-state index in [-0.39, 0.29) is 12.5 Å². The summed E-state index contributed by atoms with van der Waals surface area (Å²) in [7, 11) is 0. The molecule has 1 rings (SSSR count). The molecule has 0 aliphatic carbocycles. The second-order valence-electron chi connectivity index (χ2n) is 3.91. The van der Waals surface area contributed by atoms with Crippen LogP contribution in [0.2, 0.25) is 0 Å². The van der Waals surface area contributed by atoms with Crippen LogP contribution in [0.5, 0.6) is 0 Å². The van der Waals surface area contributed by atoms with Gasteiger partial charge in [-0.1, -0.05) is 11.6 Å². The third-order valence-electron chi connectivity index (χ3n) is 2.22. The highest BCUT2D eigenvalue weighted by Gasteiger charge is 2.04. The van der Waals surface area contributed by atoms with Gasteiger partial charge < -0.3 is 14.9 Å². The van der Waals surface area contributed by atoms with Crippen molar-refractivity contribution in [3.05, 3.63) is 11.8 Å². The van der Waals surface area contributed by atoms with Gasteiger partial charge in [0.1, 0.15) is 5.76 Å². The molecule has 0 aliphatic rings. The zero-order valence-corrected chi connectivity index (χ0v) is 10.2. The van der Waals surface area contributed by atoms with Crippen molar-refractivity contribution >= 4 is 17.8 Å². The summed E-state index contributed by atoms with van der Waals surface area (Å²) in [6.45, 7) is 2.24. The first-order valence-corrected chi connectivity index (χ1v) is 5.78. The van der Waals surface area contributed by atoms with E-state index >= 15 is 0 Å². The second kappa shape index (κ2) is 7.31. The SMILES string of the molecule is Cc1cc(NC(=O)NCCCCCC(=O)O)no1. The lowest BCUT2D eigenvalue weighted by atomic mass is 10.2. The number of hydrogen-bond acceptors (Lipinski definition) is 4. The van der Waals surface area contributed by atoms with Crippen LogP contribution in [-0.2, 0) is 4.79 Å². The number of nitrogens with one attached hydrogen (secondary N) is 2. The van der Waals surface area contributed by atoms with E-state index in [9.17, 15) is 9.59 Å². The summed E-state index contributed by atoms with van der Waals surface area (Å²) in [5.74, 6) is 0.206. The molecule has 0 unspecified atom stereocenters. The first-order valence-electron chi connectivity index (χ1n) is 5.78. The molecule has 18 heavy (non-hydrogen) atoms. The summed E-state index contributed by atoms with van der Waals surface area (Å²) in [5, 5.41) is 17.2. The molecule has 2 amide bonds. The standard InChI is InChI=1S/C11H17N3O4/c1-8-7-9(14-18-8)13-11(17)12-6-4-2-3-5-10(15)16/h7H,2-6H2,1H3,(H,15,16)(H2,12,13,14,17). The van der Waals surface area contributed by atoms with Gasteiger partial charge in [-0.25, -0.2) is 4.79 Å². The van der Waals surface area contributed by atoms with Crippen LogP contribution in [-0.4, -0.2) is 28.8 Å². The molecule has 0 aromatic carbocycles. The van der Waals surface area contributed by atoms with E-state index in [1.54, 1.807) is 13.0 Å². The molecular weight excluding hydrogens is 238 g/mol. The number of hydrogen-bond donors (Lipinski definition) is 3. The van der Waals surface area contributed by atoms with Gasteiger partial charge in [0.2, 0.25) is 0 Å². The van der Waals surface area contributed by atoms with Gasteiger partial charge in [0, 0.05) is 19.0 Å². The number of aryl methyl sites for hydroxylation is 1. The Bertz CT molecular complexity index is 403. The van der Waals surface area contributed by atoms with E-state index in [1.165, 1.54) is 0 Å². The van der Waals surface area contributed by atoms with Crippen molar-refractivity contribution in [3.8, 4) is 0 Å². The number of carboxylic acids is 1. The molecule has 1 aromatic heterocycles. The highest BCUT2D eigenvalue weighted by molar-refractivity contribution is 5.88. The lowest BCUT2D eigenvalue weighted by Crippen LogP contribution is -2.29. The molecule has 7 nitrogen and oxygen atoms in total. The lowest BCUT2D eigenvalue weighted by molar-refractivity contribution is -0.137. The Balaban J connectivity index is 2.05. The van der Waals surface area contributed by atoms with Crippen molar-refractivity contribution < 1.29 is 19.2 Å². The molecule has 1 aromatic rings. The Labute approximate surface area is 105 Å². The zero-order chi connectivity index (χ0) is 13.4. The van der Waals surface area contributed by atoms with E-state index in [1.807, 2.05) is 0 Å². The molecule has 0 aliphatic heterocycles. The predicted molar refractivity (Wildman–Crippen MR) is 64.4 cm³/mol. The van der Waals surface area contributed by atoms with Crippen LogP contribution in [0.25, 0.3) is 0 Å². The third-order valence-corrected chi connectivity index (χ3v) is 2.22. The molecule has 0 atom stereocenters. The number of carboxylic acid groups (broad SMARTS) is 1. The molecular formula is C11H17N3O4. The molecule has 0 saturated carbocycles. The highest BCUT2D eigenvalue weighted by atomic mass is 16.5. The van der Waals surface area contributed by atoms with Gasteiger partial charge in [0.05, 0.1) is 0 Å². The Hall–Kier alpha value is -2.05. The van der Waals surface area contributed by atoms with Gasteiger partial charge in [-0.3, -0.25) is 10.1 Å². The number of aliphatic carboxylic acids is 1. The van der Waals surface area contributed by atoms with Gasteiger partial charge in [-0.05, 0) is 19.8 Å². The van der Waals surface area contributed by atoms with Crippen molar-refractivity contribution in [2.75, 3.05) is 11.9 Å². The highest BCUT2D eigenvalue weighted by Crippen LogP contribution is 2.06. The number of nitrogens with zero attached hydrogens (tertiary/aromatic N) is 1. The summed E-state index contributed by atoms with van der Waals surface area (Å²) >= 11 is 0. The molecule has 3 N–H and O–H groups in total. The van der Waals surface area contributed by atoms with Crippen LogP contribution in [0.15, 0.2) is 10.6 Å². The van der Waals surface area contributed by atoms with Crippen LogP contribution < -0.4 is 10.6 Å². The molecule has 100 valence electrons. The molecule has 7 heteroatoms. The van der Waals surface area contributed by atoms with Gasteiger partial charge in [0.25, 0.3) is 0 Å². The first kappa shape index (κ1) is 14.0. The number of aromatic nitrogens is 1. The predicted octanol–water partition coefficient (Wildman–Crippen LogP) is 1.75. The van der Waals surface area contributed by atoms with Crippen LogP contribution in [0.4, 0.5) is 10.6 Å². The van der Waals surface area contributed by atoms with Gasteiger partial charge in [-0.2, -0.15) is 0 Å². The monoisotopic (exact) mass is 255 g/mol. The largest absolute Gasteiger partial charge is 0.481 e. The third kappa shape index (κ3) is 5.88. The Morgan fingerprint density at radius 2 is 2.17 bits per heavy atom. The molecule has 0 saturated heterocycles. The van der Waals surface area contributed by atoms with E-state index in [2.05, 4.69) is 15.8 Å². The van der Waals surface area contributed by atoms with Crippen molar-refractivity contribution in [2.45, 2.75) is 32.6 Å². The number of carbonyl (C=O) groups excluding carboxylic acids is 1. The molecule has 1 heterocycles. The molecule has 0 radical (unpaired) electrons. The smallest absolute Gasteiger partial charge is 0.320 e. The zero-order valence-electron chi connectivity index (χ0n) is 10.2. The fourth-order valence-corrected chi connectivity index (χ4v) is 1.37. The van der Waals surface area contributed by atoms with Crippen LogP contribution in [0.1, 0.15) is 31.4 Å². The number of urea groups is 1. The number of unbranched alkanes of at least 4 members (excludes halogenated alkanes) is 2. The van der Waals surface area contributed by atoms with E-state index in [0.29, 0.717) is 24.5 Å². The summed E-state index contributed by atoms with van der Waals surface area (Å²) in [4.78, 5) is 21.6. The number of anilines is 1. The van der Waals surface area contributed by atoms with Crippen LogP contribution >= 0.6 is 0 Å². The maximum absolute atomic E-state index is 11.4. The Morgan fingerprint density at radius 1 is 1.39 bits per heavy atom. The number of rotatable bonds is 7. The molecule has 0 spiro atoms. The van der Waals surface area contributed by atoms with Crippen LogP contribution in [0, 0.1) is 6.92 Å². The van der Waals surface area contributed by atoms with E-state index in [0.717, 1.165) is 12.8 Å². The average molecular weight is 255 g/mol. The van der Waals surface area contributed by atoms with E-state index < -0.39 is 5.97 Å². The minimum Gasteiger partial charge on any atom is -0.481 e. The van der Waals surface area contributed by atoms with E-state index in [4.69, 9.17) is 9.63 Å². The van der Waals surface area contributed by atoms with Crippen molar-refractivity contribution in [1.82, 2.24) is 10.5 Å². The molecule has 0 fully saturated rings. The van der Waals surface area contributed by atoms with Gasteiger partial charge in [-0.15, -0.1) is 0 Å².